The number of piperidine rings is 1. The van der Waals surface area contributed by atoms with Crippen molar-refractivity contribution in [1.82, 2.24) is 9.21 Å². The molecule has 1 N–H and O–H groups in total. The van der Waals surface area contributed by atoms with Crippen molar-refractivity contribution >= 4 is 39.1 Å². The number of hydrogen-bond acceptors (Lipinski definition) is 7. The van der Waals surface area contributed by atoms with Crippen LogP contribution in [0.2, 0.25) is 10.0 Å². The molecule has 39 heavy (non-hydrogen) atoms. The first-order valence-corrected chi connectivity index (χ1v) is 14.9. The van der Waals surface area contributed by atoms with Gasteiger partial charge in [0.25, 0.3) is 0 Å². The number of carbonyl (C=O) groups excluding carboxylic acids is 1. The molecule has 2 aliphatic heterocycles. The van der Waals surface area contributed by atoms with Crippen LogP contribution in [-0.4, -0.2) is 80.2 Å². The Balaban J connectivity index is 1.63. The Morgan fingerprint density at radius 2 is 1.69 bits per heavy atom. The smallest absolute Gasteiger partial charge is 0.244 e. The van der Waals surface area contributed by atoms with Gasteiger partial charge in [-0.3, -0.25) is 4.79 Å². The second kappa shape index (κ2) is 11.7. The summed E-state index contributed by atoms with van der Waals surface area (Å²) < 4.78 is 45.8. The maximum Gasteiger partial charge on any atom is 0.244 e. The zero-order valence-corrected chi connectivity index (χ0v) is 24.7. The van der Waals surface area contributed by atoms with E-state index in [2.05, 4.69) is 0 Å². The van der Waals surface area contributed by atoms with Crippen LogP contribution in [0.4, 0.5) is 0 Å². The molecular weight excluding hydrogens is 567 g/mol. The van der Waals surface area contributed by atoms with Crippen molar-refractivity contribution in [3.05, 3.63) is 46.4 Å². The summed E-state index contributed by atoms with van der Waals surface area (Å²) in [6.45, 7) is 3.85. The highest BCUT2D eigenvalue weighted by Gasteiger charge is 2.53. The number of methoxy groups -OCH3 is 2. The lowest BCUT2D eigenvalue weighted by atomic mass is 9.80. The van der Waals surface area contributed by atoms with Gasteiger partial charge >= 0.3 is 0 Å². The lowest BCUT2D eigenvalue weighted by molar-refractivity contribution is -0.135. The molecule has 4 rings (SSSR count). The molecule has 3 atom stereocenters. The summed E-state index contributed by atoms with van der Waals surface area (Å²) in [6.07, 6.45) is 1.54. The van der Waals surface area contributed by atoms with Gasteiger partial charge in [0, 0.05) is 34.6 Å². The van der Waals surface area contributed by atoms with Crippen molar-refractivity contribution < 1.29 is 32.5 Å². The molecule has 0 saturated carbocycles. The number of benzene rings is 2. The van der Waals surface area contributed by atoms with E-state index in [1.807, 2.05) is 0 Å². The molecule has 2 fully saturated rings. The normalized spacial score (nSPS) is 22.4. The zero-order valence-electron chi connectivity index (χ0n) is 22.4. The molecule has 12 heteroatoms. The van der Waals surface area contributed by atoms with Crippen LogP contribution in [0.5, 0.6) is 17.2 Å². The van der Waals surface area contributed by atoms with E-state index in [1.165, 1.54) is 29.6 Å². The highest BCUT2D eigenvalue weighted by atomic mass is 35.5. The van der Waals surface area contributed by atoms with E-state index in [9.17, 15) is 18.3 Å². The van der Waals surface area contributed by atoms with E-state index in [0.717, 1.165) is 0 Å². The van der Waals surface area contributed by atoms with Crippen LogP contribution in [0.1, 0.15) is 33.1 Å². The van der Waals surface area contributed by atoms with Crippen molar-refractivity contribution in [2.24, 2.45) is 5.92 Å². The van der Waals surface area contributed by atoms with Crippen LogP contribution in [0.15, 0.2) is 41.3 Å². The number of ether oxygens (including phenoxy) is 3. The van der Waals surface area contributed by atoms with Gasteiger partial charge in [-0.05, 0) is 63.4 Å². The summed E-state index contributed by atoms with van der Waals surface area (Å²) in [7, 11) is -1.09. The van der Waals surface area contributed by atoms with Gasteiger partial charge in [0.05, 0.1) is 31.3 Å². The van der Waals surface area contributed by atoms with E-state index >= 15 is 0 Å². The Labute approximate surface area is 239 Å². The second-order valence-electron chi connectivity index (χ2n) is 10.4. The Kier molecular flexibility index (Phi) is 8.92. The first kappa shape index (κ1) is 29.7. The predicted octanol–water partition coefficient (Wildman–Crippen LogP) is 4.23. The molecule has 0 aliphatic carbocycles. The van der Waals surface area contributed by atoms with Crippen molar-refractivity contribution in [2.45, 2.75) is 55.7 Å². The third-order valence-corrected chi connectivity index (χ3v) is 9.74. The number of halogens is 2. The predicted molar refractivity (Wildman–Crippen MR) is 148 cm³/mol. The van der Waals surface area contributed by atoms with Crippen LogP contribution < -0.4 is 14.2 Å². The highest BCUT2D eigenvalue weighted by Crippen LogP contribution is 2.41. The number of hydrogen-bond donors (Lipinski definition) is 1. The number of sulfonamides is 1. The Bertz CT molecular complexity index is 1300. The average molecular weight is 602 g/mol. The van der Waals surface area contributed by atoms with E-state index in [-0.39, 0.29) is 40.5 Å². The number of nitrogens with zero attached hydrogens (tertiary/aromatic N) is 2. The minimum absolute atomic E-state index is 0.0792. The Morgan fingerprint density at radius 1 is 1.03 bits per heavy atom. The monoisotopic (exact) mass is 600 g/mol. The van der Waals surface area contributed by atoms with Crippen molar-refractivity contribution in [2.75, 3.05) is 33.9 Å². The fourth-order valence-electron chi connectivity index (χ4n) is 5.50. The van der Waals surface area contributed by atoms with Gasteiger partial charge in [-0.25, -0.2) is 8.42 Å². The first-order valence-electron chi connectivity index (χ1n) is 12.7. The molecule has 1 unspecified atom stereocenters. The minimum atomic E-state index is -4.17. The standard InChI is InChI=1S/C27H34Cl2N2O7S/c1-27(2,33)21-16-30(10-11-38-19-8-9-24(36-3)25(15-19)37-4)26(32)23-7-5-6-22(21)31(23)39(34,35)20-13-17(28)12-18(29)14-20/h8-9,12-15,21-23,33H,5-7,10-11,16H2,1-4H3/t21-,22-,23?/m0/s1. The highest BCUT2D eigenvalue weighted by molar-refractivity contribution is 7.89. The van der Waals surface area contributed by atoms with Crippen molar-refractivity contribution in [1.29, 1.82) is 0 Å². The molecule has 0 aromatic heterocycles. The molecule has 0 radical (unpaired) electrons. The molecular formula is C27H34Cl2N2O7S. The molecule has 0 spiro atoms. The number of carbonyl (C=O) groups is 1. The van der Waals surface area contributed by atoms with Crippen molar-refractivity contribution in [3.8, 4) is 17.2 Å². The number of rotatable bonds is 9. The molecule has 2 heterocycles. The van der Waals surface area contributed by atoms with Gasteiger partial charge in [0.15, 0.2) is 11.5 Å². The lowest BCUT2D eigenvalue weighted by Crippen LogP contribution is -2.57. The van der Waals surface area contributed by atoms with Crippen LogP contribution in [0, 0.1) is 5.92 Å². The topological polar surface area (TPSA) is 106 Å². The van der Waals surface area contributed by atoms with Gasteiger partial charge in [0.2, 0.25) is 15.9 Å². The third kappa shape index (κ3) is 6.25. The van der Waals surface area contributed by atoms with Gasteiger partial charge in [-0.1, -0.05) is 23.2 Å². The molecule has 2 aromatic rings. The summed E-state index contributed by atoms with van der Waals surface area (Å²) in [5, 5.41) is 11.5. The fourth-order valence-corrected chi connectivity index (χ4v) is 8.09. The SMILES string of the molecule is COc1ccc(OCCN2C[C@H](C(C)(C)O)[C@@H]3CCCC(C2=O)N3S(=O)(=O)c2cc(Cl)cc(Cl)c2)cc1OC. The fraction of sp³-hybridized carbons (Fsp3) is 0.519. The van der Waals surface area contributed by atoms with Gasteiger partial charge in [-0.15, -0.1) is 0 Å². The molecule has 2 saturated heterocycles. The number of fused-ring (bicyclic) bond motifs is 2. The minimum Gasteiger partial charge on any atom is -0.493 e. The molecule has 2 aromatic carbocycles. The van der Waals surface area contributed by atoms with E-state index in [0.29, 0.717) is 36.5 Å². The summed E-state index contributed by atoms with van der Waals surface area (Å²) in [6, 6.07) is 7.78. The van der Waals surface area contributed by atoms with E-state index < -0.39 is 33.6 Å². The van der Waals surface area contributed by atoms with Crippen molar-refractivity contribution in [3.63, 3.8) is 0 Å². The summed E-state index contributed by atoms with van der Waals surface area (Å²) in [5.74, 6) is 0.750. The molecule has 2 aliphatic rings. The van der Waals surface area contributed by atoms with E-state index in [1.54, 1.807) is 44.1 Å². The number of aliphatic hydroxyl groups is 1. The lowest BCUT2D eigenvalue weighted by Gasteiger charge is -2.43. The van der Waals surface area contributed by atoms with Gasteiger partial charge < -0.3 is 24.2 Å². The third-order valence-electron chi connectivity index (χ3n) is 7.39. The summed E-state index contributed by atoms with van der Waals surface area (Å²) in [5.41, 5.74) is -1.26. The van der Waals surface area contributed by atoms with Crippen LogP contribution >= 0.6 is 23.2 Å². The average Bonchev–Trinajstić information content (AvgIpc) is 2.94. The van der Waals surface area contributed by atoms with E-state index in [4.69, 9.17) is 37.4 Å². The largest absolute Gasteiger partial charge is 0.493 e. The zero-order chi connectivity index (χ0) is 28.5. The van der Waals surface area contributed by atoms with Gasteiger partial charge in [-0.2, -0.15) is 4.31 Å². The van der Waals surface area contributed by atoms with Crippen LogP contribution in [0.25, 0.3) is 0 Å². The Morgan fingerprint density at radius 3 is 2.31 bits per heavy atom. The summed E-state index contributed by atoms with van der Waals surface area (Å²) in [4.78, 5) is 15.4. The first-order chi connectivity index (χ1) is 18.4. The maximum atomic E-state index is 14.0. The maximum absolute atomic E-state index is 14.0. The summed E-state index contributed by atoms with van der Waals surface area (Å²) >= 11 is 12.3. The van der Waals surface area contributed by atoms with Crippen LogP contribution in [-0.2, 0) is 14.8 Å². The van der Waals surface area contributed by atoms with Crippen LogP contribution in [0.3, 0.4) is 0 Å². The molecule has 9 nitrogen and oxygen atoms in total. The molecule has 2 bridgehead atoms. The molecule has 1 amide bonds. The molecule has 214 valence electrons. The number of amides is 1. The Hall–Kier alpha value is -2.24. The second-order valence-corrected chi connectivity index (χ2v) is 13.1. The quantitative estimate of drug-likeness (QED) is 0.459. The van der Waals surface area contributed by atoms with Gasteiger partial charge in [0.1, 0.15) is 18.4 Å².